The van der Waals surface area contributed by atoms with Crippen molar-refractivity contribution in [3.05, 3.63) is 27.7 Å². The maximum atomic E-state index is 11.5. The minimum atomic E-state index is -0.300. The fraction of sp³-hybridized carbons (Fsp3) is 0.583. The molecular formula is C12H20N2O2. The normalized spacial score (nSPS) is 11.4. The zero-order valence-electron chi connectivity index (χ0n) is 10.6. The Balaban J connectivity index is 3.45. The fourth-order valence-corrected chi connectivity index (χ4v) is 1.97. The summed E-state index contributed by atoms with van der Waals surface area (Å²) >= 11 is 0. The number of nitrogens with zero attached hydrogens (tertiary/aromatic N) is 2. The van der Waals surface area contributed by atoms with E-state index >= 15 is 0 Å². The Hall–Kier alpha value is -1.29. The lowest BCUT2D eigenvalue weighted by Crippen LogP contribution is -2.22. The molecule has 1 aromatic heterocycles. The molecule has 0 aliphatic rings. The van der Waals surface area contributed by atoms with E-state index in [1.165, 1.54) is 6.07 Å². The van der Waals surface area contributed by atoms with Crippen molar-refractivity contribution in [3.63, 3.8) is 0 Å². The van der Waals surface area contributed by atoms with Crippen molar-refractivity contribution >= 4 is 0 Å². The second-order valence-corrected chi connectivity index (χ2v) is 4.65. The van der Waals surface area contributed by atoms with Crippen LogP contribution in [-0.4, -0.2) is 28.7 Å². The van der Waals surface area contributed by atoms with Crippen LogP contribution in [0.1, 0.15) is 31.3 Å². The first-order valence-electron chi connectivity index (χ1n) is 5.43. The zero-order chi connectivity index (χ0) is 12.5. The molecule has 0 amide bonds. The Morgan fingerprint density at radius 1 is 1.44 bits per heavy atom. The third kappa shape index (κ3) is 2.44. The summed E-state index contributed by atoms with van der Waals surface area (Å²) in [5, 5.41) is 9.84. The van der Waals surface area contributed by atoms with Crippen LogP contribution in [0.3, 0.4) is 0 Å². The average Bonchev–Trinajstić information content (AvgIpc) is 2.12. The van der Waals surface area contributed by atoms with Crippen molar-refractivity contribution in [2.75, 3.05) is 14.1 Å². The van der Waals surface area contributed by atoms with Gasteiger partial charge in [-0.2, -0.15) is 0 Å². The van der Waals surface area contributed by atoms with Gasteiger partial charge in [-0.05, 0) is 34.9 Å². The zero-order valence-corrected chi connectivity index (χ0v) is 10.6. The van der Waals surface area contributed by atoms with Crippen molar-refractivity contribution in [2.24, 2.45) is 0 Å². The molecule has 90 valence electrons. The molecule has 4 nitrogen and oxygen atoms in total. The van der Waals surface area contributed by atoms with Gasteiger partial charge < -0.3 is 14.6 Å². The van der Waals surface area contributed by atoms with Gasteiger partial charge in [-0.3, -0.25) is 4.79 Å². The summed E-state index contributed by atoms with van der Waals surface area (Å²) in [4.78, 5) is 13.5. The Labute approximate surface area is 96.1 Å². The molecule has 0 aliphatic carbocycles. The third-order valence-electron chi connectivity index (χ3n) is 2.50. The highest BCUT2D eigenvalue weighted by Crippen LogP contribution is 2.20. The summed E-state index contributed by atoms with van der Waals surface area (Å²) in [6.45, 7) is 6.52. The number of rotatable bonds is 3. The molecule has 0 aliphatic heterocycles. The minimum Gasteiger partial charge on any atom is -0.503 e. The largest absolute Gasteiger partial charge is 0.503 e. The van der Waals surface area contributed by atoms with E-state index in [2.05, 4.69) is 0 Å². The summed E-state index contributed by atoms with van der Waals surface area (Å²) in [7, 11) is 3.83. The number of aryl methyl sites for hydroxylation is 1. The Morgan fingerprint density at radius 3 is 2.44 bits per heavy atom. The molecule has 0 spiro atoms. The summed E-state index contributed by atoms with van der Waals surface area (Å²) in [6, 6.07) is 1.70. The fourth-order valence-electron chi connectivity index (χ4n) is 1.97. The van der Waals surface area contributed by atoms with Gasteiger partial charge in [-0.15, -0.1) is 0 Å². The van der Waals surface area contributed by atoms with E-state index in [1.54, 1.807) is 0 Å². The van der Waals surface area contributed by atoms with Gasteiger partial charge >= 0.3 is 0 Å². The maximum absolute atomic E-state index is 11.5. The van der Waals surface area contributed by atoms with Gasteiger partial charge in [-0.1, -0.05) is 0 Å². The molecule has 0 saturated carbocycles. The van der Waals surface area contributed by atoms with E-state index < -0.39 is 0 Å². The van der Waals surface area contributed by atoms with E-state index in [-0.39, 0.29) is 17.2 Å². The molecule has 0 unspecified atom stereocenters. The number of pyridine rings is 1. The lowest BCUT2D eigenvalue weighted by atomic mass is 10.2. The summed E-state index contributed by atoms with van der Waals surface area (Å²) in [5.74, 6) is -0.131. The van der Waals surface area contributed by atoms with Gasteiger partial charge in [-0.25, -0.2) is 0 Å². The third-order valence-corrected chi connectivity index (χ3v) is 2.50. The molecule has 0 aromatic carbocycles. The van der Waals surface area contributed by atoms with Crippen LogP contribution in [-0.2, 0) is 6.54 Å². The summed E-state index contributed by atoms with van der Waals surface area (Å²) in [6.07, 6.45) is 0. The van der Waals surface area contributed by atoms with Crippen LogP contribution in [0.5, 0.6) is 5.75 Å². The first kappa shape index (κ1) is 12.8. The average molecular weight is 224 g/mol. The molecule has 1 heterocycles. The molecule has 0 atom stereocenters. The van der Waals surface area contributed by atoms with Crippen LogP contribution in [0.2, 0.25) is 0 Å². The van der Waals surface area contributed by atoms with E-state index in [0.717, 1.165) is 5.69 Å². The topological polar surface area (TPSA) is 45.5 Å². The predicted octanol–water partition coefficient (Wildman–Crippen LogP) is 1.50. The van der Waals surface area contributed by atoms with Crippen LogP contribution in [0.25, 0.3) is 0 Å². The first-order valence-corrected chi connectivity index (χ1v) is 5.43. The summed E-state index contributed by atoms with van der Waals surface area (Å²) < 4.78 is 2.00. The molecule has 16 heavy (non-hydrogen) atoms. The highest BCUT2D eigenvalue weighted by Gasteiger charge is 2.15. The Morgan fingerprint density at radius 2 is 2.00 bits per heavy atom. The van der Waals surface area contributed by atoms with Crippen LogP contribution in [0, 0.1) is 6.92 Å². The van der Waals surface area contributed by atoms with Crippen molar-refractivity contribution in [3.8, 4) is 5.75 Å². The molecule has 0 saturated heterocycles. The number of aromatic hydroxyl groups is 1. The van der Waals surface area contributed by atoms with Crippen molar-refractivity contribution < 1.29 is 5.11 Å². The van der Waals surface area contributed by atoms with Crippen LogP contribution >= 0.6 is 0 Å². The van der Waals surface area contributed by atoms with Gasteiger partial charge in [0.1, 0.15) is 0 Å². The molecule has 1 rings (SSSR count). The number of hydrogen-bond donors (Lipinski definition) is 1. The molecule has 1 aromatic rings. The second-order valence-electron chi connectivity index (χ2n) is 4.65. The molecule has 1 N–H and O–H groups in total. The smallest absolute Gasteiger partial charge is 0.223 e. The molecular weight excluding hydrogens is 204 g/mol. The predicted molar refractivity (Wildman–Crippen MR) is 64.9 cm³/mol. The van der Waals surface area contributed by atoms with Gasteiger partial charge in [0, 0.05) is 24.3 Å². The lowest BCUT2D eigenvalue weighted by molar-refractivity contribution is 0.355. The van der Waals surface area contributed by atoms with Gasteiger partial charge in [0.15, 0.2) is 5.75 Å². The Bertz CT molecular complexity index is 433. The van der Waals surface area contributed by atoms with Crippen LogP contribution in [0.15, 0.2) is 10.9 Å². The van der Waals surface area contributed by atoms with Crippen molar-refractivity contribution in [1.29, 1.82) is 0 Å². The van der Waals surface area contributed by atoms with Gasteiger partial charge in [0.25, 0.3) is 0 Å². The van der Waals surface area contributed by atoms with E-state index in [4.69, 9.17) is 0 Å². The van der Waals surface area contributed by atoms with Crippen molar-refractivity contribution in [1.82, 2.24) is 9.47 Å². The first-order chi connectivity index (χ1) is 7.34. The quantitative estimate of drug-likeness (QED) is 0.846. The maximum Gasteiger partial charge on any atom is 0.223 e. The SMILES string of the molecule is Cc1cc(=O)c(O)c(CN(C)C)n1C(C)C. The highest BCUT2D eigenvalue weighted by molar-refractivity contribution is 5.30. The standard InChI is InChI=1S/C12H20N2O2/c1-8(2)14-9(3)6-11(15)12(16)10(14)7-13(4)5/h6,8,16H,7H2,1-5H3. The van der Waals surface area contributed by atoms with Gasteiger partial charge in [0.05, 0.1) is 5.69 Å². The van der Waals surface area contributed by atoms with E-state index in [9.17, 15) is 9.90 Å². The monoisotopic (exact) mass is 224 g/mol. The minimum absolute atomic E-state index is 0.131. The van der Waals surface area contributed by atoms with Crippen LogP contribution < -0.4 is 5.43 Å². The molecule has 4 heteroatoms. The highest BCUT2D eigenvalue weighted by atomic mass is 16.3. The Kier molecular flexibility index (Phi) is 3.75. The van der Waals surface area contributed by atoms with Gasteiger partial charge in [0.2, 0.25) is 5.43 Å². The lowest BCUT2D eigenvalue weighted by Gasteiger charge is -2.23. The molecule has 0 fully saturated rings. The van der Waals surface area contributed by atoms with E-state index in [0.29, 0.717) is 12.2 Å². The summed E-state index contributed by atoms with van der Waals surface area (Å²) in [5.41, 5.74) is 1.27. The second kappa shape index (κ2) is 4.70. The van der Waals surface area contributed by atoms with Crippen molar-refractivity contribution in [2.45, 2.75) is 33.4 Å². The molecule has 0 radical (unpaired) electrons. The number of hydrogen-bond acceptors (Lipinski definition) is 3. The molecule has 0 bridgehead atoms. The van der Waals surface area contributed by atoms with Crippen LogP contribution in [0.4, 0.5) is 0 Å². The van der Waals surface area contributed by atoms with E-state index in [1.807, 2.05) is 44.3 Å². The number of aromatic nitrogens is 1.